The van der Waals surface area contributed by atoms with Crippen molar-refractivity contribution in [1.82, 2.24) is 9.97 Å². The molecule has 0 amide bonds. The number of rotatable bonds is 5. The Morgan fingerprint density at radius 1 is 1.29 bits per heavy atom. The van der Waals surface area contributed by atoms with E-state index in [1.807, 2.05) is 6.07 Å². The van der Waals surface area contributed by atoms with Crippen molar-refractivity contribution in [2.24, 2.45) is 0 Å². The lowest BCUT2D eigenvalue weighted by atomic mass is 10.2. The van der Waals surface area contributed by atoms with Gasteiger partial charge in [0.1, 0.15) is 5.56 Å². The van der Waals surface area contributed by atoms with Crippen molar-refractivity contribution in [2.45, 2.75) is 20.0 Å². The molecule has 0 aliphatic rings. The lowest BCUT2D eigenvalue weighted by Gasteiger charge is -2.22. The maximum Gasteiger partial charge on any atom is 0.423 e. The molecule has 0 atom stereocenters. The number of hydrogen-bond donors (Lipinski definition) is 0. The van der Waals surface area contributed by atoms with E-state index in [1.54, 1.807) is 43.0 Å². The smallest absolute Gasteiger partial charge is 0.423 e. The van der Waals surface area contributed by atoms with Gasteiger partial charge in [-0.25, -0.2) is 4.98 Å². The highest BCUT2D eigenvalue weighted by atomic mass is 19.4. The van der Waals surface area contributed by atoms with E-state index >= 15 is 0 Å². The van der Waals surface area contributed by atoms with Gasteiger partial charge in [-0.2, -0.15) is 23.4 Å². The molecule has 0 saturated heterocycles. The van der Waals surface area contributed by atoms with E-state index in [9.17, 15) is 13.2 Å². The van der Waals surface area contributed by atoms with Crippen LogP contribution >= 0.6 is 0 Å². The van der Waals surface area contributed by atoms with Crippen LogP contribution in [0.4, 0.5) is 24.8 Å². The van der Waals surface area contributed by atoms with Gasteiger partial charge in [-0.15, -0.1) is 0 Å². The van der Waals surface area contributed by atoms with Crippen LogP contribution in [0, 0.1) is 11.3 Å². The predicted molar refractivity (Wildman–Crippen MR) is 82.0 cm³/mol. The standard InChI is InChI=1S/C16H15F3N4O/c1-3-23(12-7-5-6-11(8-12)9-20)15-21-10-13(16(17,18)19)14(22-15)24-4-2/h5-8,10H,3-4H2,1-2H3. The number of halogens is 3. The lowest BCUT2D eigenvalue weighted by molar-refractivity contribution is -0.139. The average Bonchev–Trinajstić information content (AvgIpc) is 2.55. The van der Waals surface area contributed by atoms with E-state index in [0.717, 1.165) is 0 Å². The molecule has 2 aromatic rings. The SMILES string of the molecule is CCOc1nc(N(CC)c2cccc(C#N)c2)ncc1C(F)(F)F. The van der Waals surface area contributed by atoms with Crippen LogP contribution in [0.2, 0.25) is 0 Å². The summed E-state index contributed by atoms with van der Waals surface area (Å²) in [5.41, 5.74) is 0.0246. The molecule has 8 heteroatoms. The molecule has 126 valence electrons. The fraction of sp³-hybridized carbons (Fsp3) is 0.312. The van der Waals surface area contributed by atoms with Gasteiger partial charge in [-0.05, 0) is 32.0 Å². The van der Waals surface area contributed by atoms with Crippen LogP contribution in [0.1, 0.15) is 25.0 Å². The molecule has 24 heavy (non-hydrogen) atoms. The maximum absolute atomic E-state index is 13.0. The van der Waals surface area contributed by atoms with Crippen molar-refractivity contribution in [3.63, 3.8) is 0 Å². The Kier molecular flexibility index (Phi) is 5.24. The molecular weight excluding hydrogens is 321 g/mol. The minimum atomic E-state index is -4.60. The summed E-state index contributed by atoms with van der Waals surface area (Å²) in [6.45, 7) is 3.84. The normalized spacial score (nSPS) is 11.0. The Morgan fingerprint density at radius 3 is 2.62 bits per heavy atom. The van der Waals surface area contributed by atoms with Crippen molar-refractivity contribution < 1.29 is 17.9 Å². The van der Waals surface area contributed by atoms with Crippen molar-refractivity contribution in [1.29, 1.82) is 5.26 Å². The van der Waals surface area contributed by atoms with E-state index in [4.69, 9.17) is 10.00 Å². The first-order valence-electron chi connectivity index (χ1n) is 7.25. The molecule has 0 N–H and O–H groups in total. The van der Waals surface area contributed by atoms with Crippen LogP contribution in [0.15, 0.2) is 30.5 Å². The maximum atomic E-state index is 13.0. The highest BCUT2D eigenvalue weighted by Crippen LogP contribution is 2.36. The number of benzene rings is 1. The molecule has 0 unspecified atom stereocenters. The molecule has 2 rings (SSSR count). The zero-order valence-corrected chi connectivity index (χ0v) is 13.1. The largest absolute Gasteiger partial charge is 0.477 e. The molecule has 1 heterocycles. The second kappa shape index (κ2) is 7.17. The van der Waals surface area contributed by atoms with Crippen LogP contribution in [-0.4, -0.2) is 23.1 Å². The number of hydrogen-bond acceptors (Lipinski definition) is 5. The van der Waals surface area contributed by atoms with Crippen molar-refractivity contribution >= 4 is 11.6 Å². The zero-order chi connectivity index (χ0) is 17.7. The number of nitrogens with zero attached hydrogens (tertiary/aromatic N) is 4. The fourth-order valence-electron chi connectivity index (χ4n) is 2.11. The molecule has 1 aromatic heterocycles. The second-order valence-electron chi connectivity index (χ2n) is 4.73. The number of nitriles is 1. The van der Waals surface area contributed by atoms with Crippen LogP contribution in [0.5, 0.6) is 5.88 Å². The molecule has 0 aliphatic carbocycles. The number of aromatic nitrogens is 2. The summed E-state index contributed by atoms with van der Waals surface area (Å²) in [5.74, 6) is -0.436. The van der Waals surface area contributed by atoms with Gasteiger partial charge < -0.3 is 9.64 Å². The first kappa shape index (κ1) is 17.5. The monoisotopic (exact) mass is 336 g/mol. The van der Waals surface area contributed by atoms with Crippen LogP contribution in [0.25, 0.3) is 0 Å². The minimum absolute atomic E-state index is 0.0512. The molecule has 0 spiro atoms. The Hall–Kier alpha value is -2.82. The highest BCUT2D eigenvalue weighted by Gasteiger charge is 2.36. The third-order valence-electron chi connectivity index (χ3n) is 3.17. The fourth-order valence-corrected chi connectivity index (χ4v) is 2.11. The van der Waals surface area contributed by atoms with Gasteiger partial charge in [0.05, 0.1) is 18.2 Å². The van der Waals surface area contributed by atoms with Gasteiger partial charge in [0.25, 0.3) is 0 Å². The molecule has 0 aliphatic heterocycles. The van der Waals surface area contributed by atoms with E-state index in [0.29, 0.717) is 24.0 Å². The van der Waals surface area contributed by atoms with E-state index in [1.165, 1.54) is 0 Å². The minimum Gasteiger partial charge on any atom is -0.477 e. The van der Waals surface area contributed by atoms with Gasteiger partial charge >= 0.3 is 6.18 Å². The summed E-state index contributed by atoms with van der Waals surface area (Å²) in [7, 11) is 0. The van der Waals surface area contributed by atoms with E-state index in [2.05, 4.69) is 9.97 Å². The van der Waals surface area contributed by atoms with Crippen molar-refractivity contribution in [2.75, 3.05) is 18.1 Å². The molecule has 0 fully saturated rings. The van der Waals surface area contributed by atoms with Gasteiger partial charge in [0.2, 0.25) is 11.8 Å². The Bertz CT molecular complexity index is 756. The van der Waals surface area contributed by atoms with Crippen molar-refractivity contribution in [3.05, 3.63) is 41.6 Å². The van der Waals surface area contributed by atoms with E-state index in [-0.39, 0.29) is 12.6 Å². The third-order valence-corrected chi connectivity index (χ3v) is 3.17. The van der Waals surface area contributed by atoms with Gasteiger partial charge in [-0.3, -0.25) is 0 Å². The van der Waals surface area contributed by atoms with Gasteiger partial charge in [0.15, 0.2) is 0 Å². The van der Waals surface area contributed by atoms with Gasteiger partial charge in [-0.1, -0.05) is 6.07 Å². The number of alkyl halides is 3. The average molecular weight is 336 g/mol. The Labute approximate surface area is 137 Å². The molecule has 0 saturated carbocycles. The second-order valence-corrected chi connectivity index (χ2v) is 4.73. The van der Waals surface area contributed by atoms with Crippen molar-refractivity contribution in [3.8, 4) is 11.9 Å². The summed E-state index contributed by atoms with van der Waals surface area (Å²) in [5, 5.41) is 8.98. The Morgan fingerprint density at radius 2 is 2.04 bits per heavy atom. The first-order valence-corrected chi connectivity index (χ1v) is 7.25. The Balaban J connectivity index is 2.49. The predicted octanol–water partition coefficient (Wildman–Crippen LogP) is 3.92. The first-order chi connectivity index (χ1) is 11.4. The van der Waals surface area contributed by atoms with E-state index < -0.39 is 17.6 Å². The van der Waals surface area contributed by atoms with Crippen LogP contribution < -0.4 is 9.64 Å². The molecule has 0 bridgehead atoms. The molecular formula is C16H15F3N4O. The molecule has 5 nitrogen and oxygen atoms in total. The lowest BCUT2D eigenvalue weighted by Crippen LogP contribution is -2.21. The topological polar surface area (TPSA) is 62.0 Å². The number of anilines is 2. The molecule has 1 aromatic carbocycles. The summed E-state index contributed by atoms with van der Waals surface area (Å²) in [6.07, 6.45) is -3.88. The zero-order valence-electron chi connectivity index (χ0n) is 13.1. The van der Waals surface area contributed by atoms with Gasteiger partial charge in [0, 0.05) is 18.4 Å². The highest BCUT2D eigenvalue weighted by molar-refractivity contribution is 5.60. The summed E-state index contributed by atoms with van der Waals surface area (Å²) in [6, 6.07) is 8.68. The quantitative estimate of drug-likeness (QED) is 0.828. The van der Waals surface area contributed by atoms with Crippen LogP contribution in [-0.2, 0) is 6.18 Å². The summed E-state index contributed by atoms with van der Waals surface area (Å²) < 4.78 is 44.0. The summed E-state index contributed by atoms with van der Waals surface area (Å²) >= 11 is 0. The third kappa shape index (κ3) is 3.74. The summed E-state index contributed by atoms with van der Waals surface area (Å²) in [4.78, 5) is 9.35. The molecule has 0 radical (unpaired) electrons. The van der Waals surface area contributed by atoms with Crippen LogP contribution in [0.3, 0.4) is 0 Å². The number of ether oxygens (including phenoxy) is 1.